The standard InChI is InChI=1S/C20H27N3O2/c1-16-9-5-6-10-18(16)23-14-17(13-21-23)19(24)22(2)15-20(25)11-7-3-4-8-12-20/h5-6,9-10,13-14,25H,3-4,7-8,11-12,15H2,1-2H3. The Morgan fingerprint density at radius 1 is 1.24 bits per heavy atom. The fourth-order valence-corrected chi connectivity index (χ4v) is 3.66. The molecule has 0 saturated heterocycles. The number of hydrogen-bond donors (Lipinski definition) is 1. The van der Waals surface area contributed by atoms with E-state index >= 15 is 0 Å². The van der Waals surface area contributed by atoms with Gasteiger partial charge in [0.25, 0.3) is 5.91 Å². The van der Waals surface area contributed by atoms with Crippen molar-refractivity contribution in [1.29, 1.82) is 0 Å². The molecule has 1 aromatic carbocycles. The molecule has 0 spiro atoms. The molecule has 0 bridgehead atoms. The van der Waals surface area contributed by atoms with Gasteiger partial charge in [-0.05, 0) is 31.4 Å². The normalized spacial score (nSPS) is 17.1. The van der Waals surface area contributed by atoms with E-state index in [0.29, 0.717) is 12.1 Å². The molecule has 25 heavy (non-hydrogen) atoms. The first-order valence-electron chi connectivity index (χ1n) is 9.07. The number of aryl methyl sites for hydroxylation is 1. The molecule has 1 fully saturated rings. The Morgan fingerprint density at radius 3 is 2.60 bits per heavy atom. The van der Waals surface area contributed by atoms with Crippen molar-refractivity contribution in [3.05, 3.63) is 47.8 Å². The summed E-state index contributed by atoms with van der Waals surface area (Å²) in [7, 11) is 1.76. The number of hydrogen-bond acceptors (Lipinski definition) is 3. The van der Waals surface area contributed by atoms with Gasteiger partial charge in [0.15, 0.2) is 0 Å². The van der Waals surface area contributed by atoms with Crippen molar-refractivity contribution in [1.82, 2.24) is 14.7 Å². The summed E-state index contributed by atoms with van der Waals surface area (Å²) in [5, 5.41) is 15.2. The molecule has 2 aromatic rings. The molecule has 1 aromatic heterocycles. The number of benzene rings is 1. The summed E-state index contributed by atoms with van der Waals surface area (Å²) in [6.07, 6.45) is 9.31. The van der Waals surface area contributed by atoms with Crippen molar-refractivity contribution in [2.75, 3.05) is 13.6 Å². The van der Waals surface area contributed by atoms with E-state index in [1.807, 2.05) is 31.2 Å². The number of nitrogens with zero attached hydrogens (tertiary/aromatic N) is 3. The molecular weight excluding hydrogens is 314 g/mol. The quantitative estimate of drug-likeness (QED) is 0.868. The second kappa shape index (κ2) is 7.40. The fourth-order valence-electron chi connectivity index (χ4n) is 3.66. The molecule has 1 aliphatic carbocycles. The first kappa shape index (κ1) is 17.7. The summed E-state index contributed by atoms with van der Waals surface area (Å²) in [5.41, 5.74) is 1.85. The van der Waals surface area contributed by atoms with Gasteiger partial charge in [-0.3, -0.25) is 4.79 Å². The van der Waals surface area contributed by atoms with E-state index in [-0.39, 0.29) is 5.91 Å². The number of rotatable bonds is 4. The summed E-state index contributed by atoms with van der Waals surface area (Å²) in [6.45, 7) is 2.40. The summed E-state index contributed by atoms with van der Waals surface area (Å²) in [6, 6.07) is 7.94. The lowest BCUT2D eigenvalue weighted by molar-refractivity contribution is -0.00139. The van der Waals surface area contributed by atoms with Crippen molar-refractivity contribution in [3.63, 3.8) is 0 Å². The SMILES string of the molecule is Cc1ccccc1-n1cc(C(=O)N(C)CC2(O)CCCCCC2)cn1. The lowest BCUT2D eigenvalue weighted by atomic mass is 9.94. The van der Waals surface area contributed by atoms with Gasteiger partial charge < -0.3 is 10.0 Å². The topological polar surface area (TPSA) is 58.4 Å². The smallest absolute Gasteiger partial charge is 0.256 e. The molecule has 0 unspecified atom stereocenters. The predicted octanol–water partition coefficient (Wildman–Crippen LogP) is 3.34. The molecule has 1 heterocycles. The zero-order valence-electron chi connectivity index (χ0n) is 15.1. The second-order valence-electron chi connectivity index (χ2n) is 7.26. The molecule has 5 heteroatoms. The molecule has 1 saturated carbocycles. The van der Waals surface area contributed by atoms with Gasteiger partial charge in [0, 0.05) is 19.8 Å². The summed E-state index contributed by atoms with van der Waals surface area (Å²) >= 11 is 0. The number of aromatic nitrogens is 2. The maximum absolute atomic E-state index is 12.7. The Hall–Kier alpha value is -2.14. The van der Waals surface area contributed by atoms with Crippen LogP contribution < -0.4 is 0 Å². The van der Waals surface area contributed by atoms with Crippen LogP contribution in [0.25, 0.3) is 5.69 Å². The Labute approximate surface area is 149 Å². The average molecular weight is 341 g/mol. The molecular formula is C20H27N3O2. The van der Waals surface area contributed by atoms with E-state index in [9.17, 15) is 9.90 Å². The van der Waals surface area contributed by atoms with E-state index in [2.05, 4.69) is 5.10 Å². The van der Waals surface area contributed by atoms with E-state index in [1.54, 1.807) is 29.0 Å². The van der Waals surface area contributed by atoms with Gasteiger partial charge in [-0.2, -0.15) is 5.10 Å². The molecule has 134 valence electrons. The van der Waals surface area contributed by atoms with Crippen molar-refractivity contribution >= 4 is 5.91 Å². The van der Waals surface area contributed by atoms with Gasteiger partial charge in [0.2, 0.25) is 0 Å². The minimum Gasteiger partial charge on any atom is -0.388 e. The van der Waals surface area contributed by atoms with Crippen molar-refractivity contribution in [3.8, 4) is 5.69 Å². The Balaban J connectivity index is 1.71. The highest BCUT2D eigenvalue weighted by Gasteiger charge is 2.31. The molecule has 1 N–H and O–H groups in total. The maximum Gasteiger partial charge on any atom is 0.256 e. The van der Waals surface area contributed by atoms with Crippen molar-refractivity contribution in [2.24, 2.45) is 0 Å². The zero-order valence-corrected chi connectivity index (χ0v) is 15.1. The summed E-state index contributed by atoms with van der Waals surface area (Å²) in [4.78, 5) is 14.4. The number of likely N-dealkylation sites (N-methyl/N-ethyl adjacent to an activating group) is 1. The van der Waals surface area contributed by atoms with Crippen LogP contribution in [0.1, 0.15) is 54.4 Å². The molecule has 5 nitrogen and oxygen atoms in total. The van der Waals surface area contributed by atoms with Crippen LogP contribution in [0.2, 0.25) is 0 Å². The van der Waals surface area contributed by atoms with E-state index in [1.165, 1.54) is 12.8 Å². The highest BCUT2D eigenvalue weighted by atomic mass is 16.3. The predicted molar refractivity (Wildman–Crippen MR) is 97.9 cm³/mol. The zero-order chi connectivity index (χ0) is 17.9. The highest BCUT2D eigenvalue weighted by molar-refractivity contribution is 5.93. The molecule has 0 atom stereocenters. The molecule has 3 rings (SSSR count). The summed E-state index contributed by atoms with van der Waals surface area (Å²) in [5.74, 6) is -0.0995. The van der Waals surface area contributed by atoms with Crippen LogP contribution in [0.3, 0.4) is 0 Å². The number of aliphatic hydroxyl groups is 1. The van der Waals surface area contributed by atoms with Gasteiger partial charge in [0.05, 0.1) is 23.0 Å². The maximum atomic E-state index is 12.7. The molecule has 0 radical (unpaired) electrons. The van der Waals surface area contributed by atoms with Crippen LogP contribution in [-0.2, 0) is 0 Å². The molecule has 0 aliphatic heterocycles. The van der Waals surface area contributed by atoms with Crippen LogP contribution in [0.4, 0.5) is 0 Å². The van der Waals surface area contributed by atoms with Crippen molar-refractivity contribution in [2.45, 2.75) is 51.0 Å². The van der Waals surface area contributed by atoms with Crippen LogP contribution in [0.15, 0.2) is 36.7 Å². The van der Waals surface area contributed by atoms with Crippen LogP contribution in [0.5, 0.6) is 0 Å². The van der Waals surface area contributed by atoms with E-state index in [0.717, 1.165) is 36.9 Å². The average Bonchev–Trinajstić information content (AvgIpc) is 2.97. The minimum atomic E-state index is -0.757. The monoisotopic (exact) mass is 341 g/mol. The van der Waals surface area contributed by atoms with Gasteiger partial charge >= 0.3 is 0 Å². The number of carbonyl (C=O) groups excluding carboxylic acids is 1. The van der Waals surface area contributed by atoms with Gasteiger partial charge in [-0.25, -0.2) is 4.68 Å². The first-order chi connectivity index (χ1) is 12.0. The molecule has 1 aliphatic rings. The number of para-hydroxylation sites is 1. The van der Waals surface area contributed by atoms with Crippen LogP contribution in [-0.4, -0.2) is 44.9 Å². The van der Waals surface area contributed by atoms with Crippen molar-refractivity contribution < 1.29 is 9.90 Å². The number of carbonyl (C=O) groups is 1. The minimum absolute atomic E-state index is 0.0995. The third-order valence-corrected chi connectivity index (χ3v) is 5.10. The lowest BCUT2D eigenvalue weighted by Gasteiger charge is -2.31. The van der Waals surface area contributed by atoms with E-state index < -0.39 is 5.60 Å². The van der Waals surface area contributed by atoms with Gasteiger partial charge in [0.1, 0.15) is 0 Å². The third-order valence-electron chi connectivity index (χ3n) is 5.10. The second-order valence-corrected chi connectivity index (χ2v) is 7.26. The fraction of sp³-hybridized carbons (Fsp3) is 0.500. The Morgan fingerprint density at radius 2 is 1.92 bits per heavy atom. The number of amides is 1. The van der Waals surface area contributed by atoms with Crippen LogP contribution in [0, 0.1) is 6.92 Å². The van der Waals surface area contributed by atoms with Gasteiger partial charge in [-0.15, -0.1) is 0 Å². The summed E-state index contributed by atoms with van der Waals surface area (Å²) < 4.78 is 1.73. The van der Waals surface area contributed by atoms with Crippen LogP contribution >= 0.6 is 0 Å². The van der Waals surface area contributed by atoms with E-state index in [4.69, 9.17) is 0 Å². The third kappa shape index (κ3) is 4.10. The Bertz CT molecular complexity index is 730. The highest BCUT2D eigenvalue weighted by Crippen LogP contribution is 2.28. The lowest BCUT2D eigenvalue weighted by Crippen LogP contribution is -2.43. The Kier molecular flexibility index (Phi) is 5.23. The largest absolute Gasteiger partial charge is 0.388 e. The molecule has 1 amide bonds. The van der Waals surface area contributed by atoms with Gasteiger partial charge in [-0.1, -0.05) is 43.9 Å². The first-order valence-corrected chi connectivity index (χ1v) is 9.07.